The van der Waals surface area contributed by atoms with Crippen LogP contribution in [-0.4, -0.2) is 29.9 Å². The highest BCUT2D eigenvalue weighted by atomic mass is 35.5. The van der Waals surface area contributed by atoms with Gasteiger partial charge in [0, 0.05) is 30.2 Å². The minimum atomic E-state index is -0.386. The monoisotopic (exact) mass is 313 g/mol. The lowest BCUT2D eigenvalue weighted by atomic mass is 10.1. The van der Waals surface area contributed by atoms with E-state index in [0.29, 0.717) is 16.6 Å². The summed E-state index contributed by atoms with van der Waals surface area (Å²) in [6.07, 6.45) is 2.85. The van der Waals surface area contributed by atoms with Gasteiger partial charge in [-0.3, -0.25) is 10.2 Å². The summed E-state index contributed by atoms with van der Waals surface area (Å²) in [7, 11) is 1.67. The van der Waals surface area contributed by atoms with E-state index in [2.05, 4.69) is 17.8 Å². The van der Waals surface area contributed by atoms with E-state index in [9.17, 15) is 9.18 Å². The maximum atomic E-state index is 13.8. The smallest absolute Gasteiger partial charge is 0.241 e. The second kappa shape index (κ2) is 7.20. The molecule has 4 nitrogen and oxygen atoms in total. The molecule has 0 saturated carbocycles. The predicted octanol–water partition coefficient (Wildman–Crippen LogP) is 2.47. The van der Waals surface area contributed by atoms with Crippen molar-refractivity contribution in [1.82, 2.24) is 15.8 Å². The molecule has 1 aromatic rings. The third-order valence-corrected chi connectivity index (χ3v) is 4.10. The molecule has 1 saturated heterocycles. The van der Waals surface area contributed by atoms with Crippen LogP contribution in [0.5, 0.6) is 0 Å². The van der Waals surface area contributed by atoms with Crippen molar-refractivity contribution in [2.24, 2.45) is 0 Å². The summed E-state index contributed by atoms with van der Waals surface area (Å²) in [5.41, 5.74) is 6.50. The van der Waals surface area contributed by atoms with Gasteiger partial charge in [0.1, 0.15) is 11.9 Å². The van der Waals surface area contributed by atoms with Crippen LogP contribution in [0.15, 0.2) is 18.2 Å². The Morgan fingerprint density at radius 3 is 2.90 bits per heavy atom. The summed E-state index contributed by atoms with van der Waals surface area (Å²) in [5, 5.41) is 0.344. The van der Waals surface area contributed by atoms with Crippen molar-refractivity contribution >= 4 is 17.5 Å². The van der Waals surface area contributed by atoms with Crippen molar-refractivity contribution in [3.8, 4) is 0 Å². The Morgan fingerprint density at radius 2 is 2.24 bits per heavy atom. The number of amides is 1. The zero-order valence-corrected chi connectivity index (χ0v) is 13.1. The number of benzene rings is 1. The second-order valence-corrected chi connectivity index (χ2v) is 5.86. The Hall–Kier alpha value is -1.17. The molecule has 2 unspecified atom stereocenters. The molecule has 2 N–H and O–H groups in total. The van der Waals surface area contributed by atoms with Gasteiger partial charge in [-0.1, -0.05) is 31.0 Å². The van der Waals surface area contributed by atoms with Crippen molar-refractivity contribution in [1.29, 1.82) is 0 Å². The highest BCUT2D eigenvalue weighted by Gasteiger charge is 2.30. The lowest BCUT2D eigenvalue weighted by Crippen LogP contribution is -2.44. The third-order valence-electron chi connectivity index (χ3n) is 3.75. The van der Waals surface area contributed by atoms with Crippen molar-refractivity contribution < 1.29 is 9.18 Å². The lowest BCUT2D eigenvalue weighted by molar-refractivity contribution is -0.132. The van der Waals surface area contributed by atoms with E-state index in [-0.39, 0.29) is 24.3 Å². The highest BCUT2D eigenvalue weighted by Crippen LogP contribution is 2.21. The topological polar surface area (TPSA) is 44.4 Å². The van der Waals surface area contributed by atoms with Gasteiger partial charge in [-0.15, -0.1) is 0 Å². The van der Waals surface area contributed by atoms with Crippen LogP contribution in [0.25, 0.3) is 0 Å². The third kappa shape index (κ3) is 3.93. The fraction of sp³-hybridized carbons (Fsp3) is 0.533. The van der Waals surface area contributed by atoms with Crippen LogP contribution in [0.2, 0.25) is 5.02 Å². The Morgan fingerprint density at radius 1 is 1.48 bits per heavy atom. The summed E-state index contributed by atoms with van der Waals surface area (Å²) in [6, 6.07) is 4.59. The Balaban J connectivity index is 1.97. The molecular weight excluding hydrogens is 293 g/mol. The van der Waals surface area contributed by atoms with Gasteiger partial charge in [-0.05, 0) is 25.0 Å². The van der Waals surface area contributed by atoms with Crippen LogP contribution in [0.4, 0.5) is 4.39 Å². The van der Waals surface area contributed by atoms with Gasteiger partial charge >= 0.3 is 0 Å². The SMILES string of the molecule is CCCC1CC(C(=O)N(C)Cc2c(F)cccc2Cl)NN1. The average Bonchev–Trinajstić information content (AvgIpc) is 2.91. The first-order chi connectivity index (χ1) is 10.0. The molecule has 1 amide bonds. The number of carbonyl (C=O) groups excluding carboxylic acids is 1. The van der Waals surface area contributed by atoms with Gasteiger partial charge < -0.3 is 4.90 Å². The zero-order valence-electron chi connectivity index (χ0n) is 12.3. The standard InChI is InChI=1S/C15H21ClFN3O/c1-3-5-10-8-14(19-18-10)15(21)20(2)9-11-12(16)6-4-7-13(11)17/h4,6-7,10,14,18-19H,3,5,8-9H2,1-2H3. The summed E-state index contributed by atoms with van der Waals surface area (Å²) in [5.74, 6) is -0.441. The first-order valence-corrected chi connectivity index (χ1v) is 7.59. The van der Waals surface area contributed by atoms with E-state index >= 15 is 0 Å². The van der Waals surface area contributed by atoms with E-state index < -0.39 is 0 Å². The number of carbonyl (C=O) groups is 1. The molecule has 2 rings (SSSR count). The highest BCUT2D eigenvalue weighted by molar-refractivity contribution is 6.31. The fourth-order valence-electron chi connectivity index (χ4n) is 2.59. The molecule has 2 atom stereocenters. The number of hydrogen-bond donors (Lipinski definition) is 2. The van der Waals surface area contributed by atoms with Gasteiger partial charge in [0.25, 0.3) is 0 Å². The summed E-state index contributed by atoms with van der Waals surface area (Å²) in [6.45, 7) is 2.28. The molecule has 0 radical (unpaired) electrons. The van der Waals surface area contributed by atoms with Crippen LogP contribution in [-0.2, 0) is 11.3 Å². The molecule has 116 valence electrons. The van der Waals surface area contributed by atoms with Gasteiger partial charge in [-0.2, -0.15) is 0 Å². The predicted molar refractivity (Wildman–Crippen MR) is 81.3 cm³/mol. The van der Waals surface area contributed by atoms with Gasteiger partial charge in [-0.25, -0.2) is 9.82 Å². The Bertz CT molecular complexity index is 491. The number of rotatable bonds is 5. The van der Waals surface area contributed by atoms with Gasteiger partial charge in [0.05, 0.1) is 0 Å². The molecule has 1 fully saturated rings. The fourth-order valence-corrected chi connectivity index (χ4v) is 2.81. The van der Waals surface area contributed by atoms with Crippen molar-refractivity contribution in [2.75, 3.05) is 7.05 Å². The van der Waals surface area contributed by atoms with Gasteiger partial charge in [0.2, 0.25) is 5.91 Å². The molecule has 0 aliphatic carbocycles. The minimum Gasteiger partial charge on any atom is -0.340 e. The van der Waals surface area contributed by atoms with Crippen LogP contribution < -0.4 is 10.9 Å². The molecule has 6 heteroatoms. The van der Waals surface area contributed by atoms with E-state index in [1.807, 2.05) is 0 Å². The molecule has 21 heavy (non-hydrogen) atoms. The molecule has 0 aromatic heterocycles. The number of halogens is 2. The largest absolute Gasteiger partial charge is 0.340 e. The number of nitrogens with zero attached hydrogens (tertiary/aromatic N) is 1. The molecule has 1 aromatic carbocycles. The minimum absolute atomic E-state index is 0.0552. The molecule has 0 spiro atoms. The van der Waals surface area contributed by atoms with E-state index in [4.69, 9.17) is 11.6 Å². The molecule has 1 heterocycles. The molecule has 0 bridgehead atoms. The quantitative estimate of drug-likeness (QED) is 0.878. The number of hydrogen-bond acceptors (Lipinski definition) is 3. The van der Waals surface area contributed by atoms with E-state index in [0.717, 1.165) is 19.3 Å². The summed E-state index contributed by atoms with van der Waals surface area (Å²) >= 11 is 6.00. The lowest BCUT2D eigenvalue weighted by Gasteiger charge is -2.21. The zero-order chi connectivity index (χ0) is 15.4. The normalized spacial score (nSPS) is 21.5. The number of hydrazine groups is 1. The number of likely N-dealkylation sites (N-methyl/N-ethyl adjacent to an activating group) is 1. The average molecular weight is 314 g/mol. The first-order valence-electron chi connectivity index (χ1n) is 7.21. The van der Waals surface area contributed by atoms with E-state index in [1.165, 1.54) is 11.0 Å². The van der Waals surface area contributed by atoms with Crippen LogP contribution >= 0.6 is 11.6 Å². The van der Waals surface area contributed by atoms with Crippen LogP contribution in [0, 0.1) is 5.82 Å². The maximum absolute atomic E-state index is 13.8. The molecule has 1 aliphatic rings. The Labute approximate surface area is 129 Å². The van der Waals surface area contributed by atoms with Crippen LogP contribution in [0.3, 0.4) is 0 Å². The summed E-state index contributed by atoms with van der Waals surface area (Å²) in [4.78, 5) is 13.9. The van der Waals surface area contributed by atoms with Crippen molar-refractivity contribution in [3.63, 3.8) is 0 Å². The van der Waals surface area contributed by atoms with Gasteiger partial charge in [0.15, 0.2) is 0 Å². The summed E-state index contributed by atoms with van der Waals surface area (Å²) < 4.78 is 13.8. The second-order valence-electron chi connectivity index (χ2n) is 5.46. The van der Waals surface area contributed by atoms with Crippen molar-refractivity contribution in [2.45, 2.75) is 44.8 Å². The first kappa shape index (κ1) is 16.2. The Kier molecular flexibility index (Phi) is 5.56. The maximum Gasteiger partial charge on any atom is 0.241 e. The van der Waals surface area contributed by atoms with E-state index in [1.54, 1.807) is 19.2 Å². The molecule has 1 aliphatic heterocycles. The van der Waals surface area contributed by atoms with Crippen molar-refractivity contribution in [3.05, 3.63) is 34.6 Å². The molecular formula is C15H21ClFN3O. The number of nitrogens with one attached hydrogen (secondary N) is 2. The van der Waals surface area contributed by atoms with Crippen LogP contribution in [0.1, 0.15) is 31.7 Å².